The van der Waals surface area contributed by atoms with Crippen LogP contribution >= 0.6 is 11.6 Å². The lowest BCUT2D eigenvalue weighted by Crippen LogP contribution is -2.29. The van der Waals surface area contributed by atoms with Crippen molar-refractivity contribution in [2.75, 3.05) is 6.61 Å². The highest BCUT2D eigenvalue weighted by Crippen LogP contribution is 2.32. The molecule has 1 unspecified atom stereocenters. The standard InChI is InChI=1S/C16H16ClFO/c1-16(11-19,14-4-2-3-5-15(14)17)10-12-6-8-13(18)9-7-12/h2-9,19H,10-11H2,1H3. The molecule has 1 atom stereocenters. The van der Waals surface area contributed by atoms with Gasteiger partial charge < -0.3 is 5.11 Å². The van der Waals surface area contributed by atoms with Gasteiger partial charge in [-0.05, 0) is 35.7 Å². The zero-order valence-electron chi connectivity index (χ0n) is 10.7. The van der Waals surface area contributed by atoms with E-state index in [4.69, 9.17) is 11.6 Å². The highest BCUT2D eigenvalue weighted by atomic mass is 35.5. The van der Waals surface area contributed by atoms with E-state index in [-0.39, 0.29) is 12.4 Å². The van der Waals surface area contributed by atoms with E-state index in [1.54, 1.807) is 12.1 Å². The number of aliphatic hydroxyl groups is 1. The molecule has 3 heteroatoms. The first-order valence-corrected chi connectivity index (χ1v) is 6.53. The molecular weight excluding hydrogens is 263 g/mol. The normalized spacial score (nSPS) is 14.1. The van der Waals surface area contributed by atoms with Crippen LogP contribution in [-0.4, -0.2) is 11.7 Å². The second-order valence-corrected chi connectivity index (χ2v) is 5.41. The molecule has 0 bridgehead atoms. The van der Waals surface area contributed by atoms with Gasteiger partial charge in [0.2, 0.25) is 0 Å². The minimum atomic E-state index is -0.476. The maximum atomic E-state index is 12.9. The SMILES string of the molecule is CC(CO)(Cc1ccc(F)cc1)c1ccccc1Cl. The van der Waals surface area contributed by atoms with Crippen LogP contribution in [0.3, 0.4) is 0 Å². The van der Waals surface area contributed by atoms with Gasteiger partial charge in [-0.15, -0.1) is 0 Å². The average molecular weight is 279 g/mol. The number of benzene rings is 2. The van der Waals surface area contributed by atoms with Gasteiger partial charge in [-0.2, -0.15) is 0 Å². The Bertz CT molecular complexity index is 553. The maximum absolute atomic E-state index is 12.9. The predicted molar refractivity (Wildman–Crippen MR) is 76.0 cm³/mol. The van der Waals surface area contributed by atoms with Gasteiger partial charge in [0.05, 0.1) is 6.61 Å². The van der Waals surface area contributed by atoms with E-state index < -0.39 is 5.41 Å². The topological polar surface area (TPSA) is 20.2 Å². The van der Waals surface area contributed by atoms with E-state index in [2.05, 4.69) is 0 Å². The Morgan fingerprint density at radius 3 is 2.32 bits per heavy atom. The van der Waals surface area contributed by atoms with Crippen LogP contribution in [0.4, 0.5) is 4.39 Å². The molecular formula is C16H16ClFO. The van der Waals surface area contributed by atoms with Gasteiger partial charge in [0.15, 0.2) is 0 Å². The second kappa shape index (κ2) is 5.72. The molecule has 0 aliphatic heterocycles. The summed E-state index contributed by atoms with van der Waals surface area (Å²) in [7, 11) is 0. The molecule has 2 aromatic carbocycles. The fourth-order valence-corrected chi connectivity index (χ4v) is 2.60. The molecule has 100 valence electrons. The summed E-state index contributed by atoms with van der Waals surface area (Å²) in [5.74, 6) is -0.257. The number of aliphatic hydroxyl groups excluding tert-OH is 1. The first-order chi connectivity index (χ1) is 9.05. The Balaban J connectivity index is 2.33. The zero-order valence-corrected chi connectivity index (χ0v) is 11.5. The van der Waals surface area contributed by atoms with Crippen LogP contribution < -0.4 is 0 Å². The number of hydrogen-bond donors (Lipinski definition) is 1. The van der Waals surface area contributed by atoms with Crippen molar-refractivity contribution in [1.29, 1.82) is 0 Å². The molecule has 0 saturated carbocycles. The third-order valence-corrected chi connectivity index (χ3v) is 3.71. The Kier molecular flexibility index (Phi) is 4.23. The first-order valence-electron chi connectivity index (χ1n) is 6.15. The summed E-state index contributed by atoms with van der Waals surface area (Å²) in [6, 6.07) is 13.8. The average Bonchev–Trinajstić information content (AvgIpc) is 2.42. The summed E-state index contributed by atoms with van der Waals surface area (Å²) in [6.07, 6.45) is 0.605. The predicted octanol–water partition coefficient (Wildman–Crippen LogP) is 3.97. The fraction of sp³-hybridized carbons (Fsp3) is 0.250. The van der Waals surface area contributed by atoms with Gasteiger partial charge >= 0.3 is 0 Å². The van der Waals surface area contributed by atoms with Crippen molar-refractivity contribution in [3.63, 3.8) is 0 Å². The van der Waals surface area contributed by atoms with Gasteiger partial charge in [-0.25, -0.2) is 4.39 Å². The lowest BCUT2D eigenvalue weighted by molar-refractivity contribution is 0.205. The lowest BCUT2D eigenvalue weighted by Gasteiger charge is -2.29. The van der Waals surface area contributed by atoms with Crippen LogP contribution in [0.5, 0.6) is 0 Å². The van der Waals surface area contributed by atoms with Crippen molar-refractivity contribution < 1.29 is 9.50 Å². The monoisotopic (exact) mass is 278 g/mol. The van der Waals surface area contributed by atoms with Crippen LogP contribution in [0.1, 0.15) is 18.1 Å². The van der Waals surface area contributed by atoms with Gasteiger partial charge in [-0.3, -0.25) is 0 Å². The highest BCUT2D eigenvalue weighted by Gasteiger charge is 2.28. The molecule has 0 saturated heterocycles. The zero-order chi connectivity index (χ0) is 13.9. The molecule has 2 rings (SSSR count). The lowest BCUT2D eigenvalue weighted by atomic mass is 9.78. The Morgan fingerprint density at radius 2 is 1.74 bits per heavy atom. The maximum Gasteiger partial charge on any atom is 0.123 e. The summed E-state index contributed by atoms with van der Waals surface area (Å²) in [4.78, 5) is 0. The summed E-state index contributed by atoms with van der Waals surface area (Å²) in [5.41, 5.74) is 1.40. The molecule has 0 fully saturated rings. The molecule has 0 heterocycles. The Hall–Kier alpha value is -1.38. The number of hydrogen-bond acceptors (Lipinski definition) is 1. The minimum absolute atomic E-state index is 0.0197. The fourth-order valence-electron chi connectivity index (χ4n) is 2.24. The van der Waals surface area contributed by atoms with E-state index in [1.165, 1.54) is 12.1 Å². The molecule has 0 radical (unpaired) electrons. The second-order valence-electron chi connectivity index (χ2n) is 5.00. The van der Waals surface area contributed by atoms with E-state index in [1.807, 2.05) is 31.2 Å². The Morgan fingerprint density at radius 1 is 1.11 bits per heavy atom. The highest BCUT2D eigenvalue weighted by molar-refractivity contribution is 6.31. The van der Waals surface area contributed by atoms with Crippen molar-refractivity contribution >= 4 is 11.6 Å². The van der Waals surface area contributed by atoms with Crippen molar-refractivity contribution in [2.45, 2.75) is 18.8 Å². The van der Waals surface area contributed by atoms with E-state index in [0.29, 0.717) is 11.4 Å². The van der Waals surface area contributed by atoms with Crippen LogP contribution in [0.25, 0.3) is 0 Å². The van der Waals surface area contributed by atoms with E-state index >= 15 is 0 Å². The molecule has 0 aliphatic carbocycles. The van der Waals surface area contributed by atoms with E-state index in [0.717, 1.165) is 11.1 Å². The van der Waals surface area contributed by atoms with Crippen molar-refractivity contribution in [3.05, 3.63) is 70.5 Å². The molecule has 0 amide bonds. The van der Waals surface area contributed by atoms with Crippen molar-refractivity contribution in [1.82, 2.24) is 0 Å². The Labute approximate surface area is 117 Å². The third kappa shape index (κ3) is 3.14. The third-order valence-electron chi connectivity index (χ3n) is 3.38. The molecule has 0 aromatic heterocycles. The quantitative estimate of drug-likeness (QED) is 0.897. The number of halogens is 2. The van der Waals surface area contributed by atoms with Crippen molar-refractivity contribution in [2.24, 2.45) is 0 Å². The van der Waals surface area contributed by atoms with Crippen LogP contribution in [0, 0.1) is 5.82 Å². The van der Waals surface area contributed by atoms with Gasteiger partial charge in [0.25, 0.3) is 0 Å². The molecule has 0 spiro atoms. The largest absolute Gasteiger partial charge is 0.395 e. The van der Waals surface area contributed by atoms with Crippen LogP contribution in [0.15, 0.2) is 48.5 Å². The molecule has 19 heavy (non-hydrogen) atoms. The summed E-state index contributed by atoms with van der Waals surface area (Å²) >= 11 is 6.21. The minimum Gasteiger partial charge on any atom is -0.395 e. The van der Waals surface area contributed by atoms with Crippen LogP contribution in [-0.2, 0) is 11.8 Å². The molecule has 1 N–H and O–H groups in total. The van der Waals surface area contributed by atoms with Gasteiger partial charge in [0, 0.05) is 10.4 Å². The molecule has 2 aromatic rings. The molecule has 0 aliphatic rings. The first kappa shape index (κ1) is 14.0. The van der Waals surface area contributed by atoms with E-state index in [9.17, 15) is 9.50 Å². The van der Waals surface area contributed by atoms with Crippen molar-refractivity contribution in [3.8, 4) is 0 Å². The molecule has 1 nitrogen and oxygen atoms in total. The summed E-state index contributed by atoms with van der Waals surface area (Å²) in [6.45, 7) is 1.94. The van der Waals surface area contributed by atoms with Gasteiger partial charge in [0.1, 0.15) is 5.82 Å². The number of rotatable bonds is 4. The smallest absolute Gasteiger partial charge is 0.123 e. The summed E-state index contributed by atoms with van der Waals surface area (Å²) < 4.78 is 12.9. The summed E-state index contributed by atoms with van der Waals surface area (Å²) in [5, 5.41) is 10.4. The van der Waals surface area contributed by atoms with Gasteiger partial charge in [-0.1, -0.05) is 48.9 Å². The van der Waals surface area contributed by atoms with Crippen LogP contribution in [0.2, 0.25) is 5.02 Å².